The van der Waals surface area contributed by atoms with Gasteiger partial charge in [0.25, 0.3) is 0 Å². The molecule has 0 aliphatic carbocycles. The normalized spacial score (nSPS) is 12.7. The van der Waals surface area contributed by atoms with Crippen molar-refractivity contribution >= 4 is 34.8 Å². The molecule has 18 heavy (non-hydrogen) atoms. The Morgan fingerprint density at radius 3 is 2.67 bits per heavy atom. The Balaban J connectivity index is 2.09. The molecule has 0 aliphatic rings. The molecule has 2 rings (SSSR count). The van der Waals surface area contributed by atoms with Gasteiger partial charge in [-0.2, -0.15) is 0 Å². The molecule has 3 nitrogen and oxygen atoms in total. The molecule has 0 saturated heterocycles. The highest BCUT2D eigenvalue weighted by molar-refractivity contribution is 6.48. The predicted molar refractivity (Wildman–Crippen MR) is 73.2 cm³/mol. The molecule has 0 aliphatic heterocycles. The summed E-state index contributed by atoms with van der Waals surface area (Å²) in [6.07, 6.45) is 1.54. The SMILES string of the molecule is CC(NCc1ccon1)c1ccc(Cl)c(Cl)c1Cl. The zero-order valence-corrected chi connectivity index (χ0v) is 11.9. The van der Waals surface area contributed by atoms with Gasteiger partial charge in [0.1, 0.15) is 6.26 Å². The number of hydrogen-bond acceptors (Lipinski definition) is 3. The molecule has 1 atom stereocenters. The fourth-order valence-electron chi connectivity index (χ4n) is 1.57. The summed E-state index contributed by atoms with van der Waals surface area (Å²) in [5, 5.41) is 8.41. The van der Waals surface area contributed by atoms with E-state index in [4.69, 9.17) is 39.3 Å². The summed E-state index contributed by atoms with van der Waals surface area (Å²) in [6, 6.07) is 5.43. The maximum Gasteiger partial charge on any atom is 0.124 e. The van der Waals surface area contributed by atoms with E-state index < -0.39 is 0 Å². The van der Waals surface area contributed by atoms with Crippen molar-refractivity contribution in [3.8, 4) is 0 Å². The lowest BCUT2D eigenvalue weighted by molar-refractivity contribution is 0.406. The molecule has 96 valence electrons. The van der Waals surface area contributed by atoms with Crippen molar-refractivity contribution in [3.63, 3.8) is 0 Å². The van der Waals surface area contributed by atoms with Crippen molar-refractivity contribution in [2.45, 2.75) is 19.5 Å². The van der Waals surface area contributed by atoms with Crippen molar-refractivity contribution in [2.24, 2.45) is 0 Å². The molecule has 0 spiro atoms. The number of aromatic nitrogens is 1. The van der Waals surface area contributed by atoms with Crippen LogP contribution in [0.4, 0.5) is 0 Å². The lowest BCUT2D eigenvalue weighted by Gasteiger charge is -2.16. The average molecular weight is 306 g/mol. The third-order valence-corrected chi connectivity index (χ3v) is 3.92. The fourth-order valence-corrected chi connectivity index (χ4v) is 2.28. The lowest BCUT2D eigenvalue weighted by atomic mass is 10.1. The van der Waals surface area contributed by atoms with Gasteiger partial charge in [0, 0.05) is 18.7 Å². The van der Waals surface area contributed by atoms with Crippen LogP contribution in [0.5, 0.6) is 0 Å². The first kappa shape index (κ1) is 13.7. The van der Waals surface area contributed by atoms with E-state index in [2.05, 4.69) is 10.5 Å². The number of nitrogens with one attached hydrogen (secondary N) is 1. The van der Waals surface area contributed by atoms with Crippen LogP contribution >= 0.6 is 34.8 Å². The molecule has 1 N–H and O–H groups in total. The summed E-state index contributed by atoms with van der Waals surface area (Å²) in [4.78, 5) is 0. The quantitative estimate of drug-likeness (QED) is 0.846. The molecule has 1 aromatic heterocycles. The Bertz CT molecular complexity index is 528. The number of hydrogen-bond donors (Lipinski definition) is 1. The third kappa shape index (κ3) is 2.98. The fraction of sp³-hybridized carbons (Fsp3) is 0.250. The van der Waals surface area contributed by atoms with Crippen LogP contribution in [0.2, 0.25) is 15.1 Å². The third-order valence-electron chi connectivity index (χ3n) is 2.61. The molecule has 0 bridgehead atoms. The minimum atomic E-state index is 0.0315. The van der Waals surface area contributed by atoms with Gasteiger partial charge in [-0.15, -0.1) is 0 Å². The van der Waals surface area contributed by atoms with E-state index in [-0.39, 0.29) is 6.04 Å². The van der Waals surface area contributed by atoms with Crippen molar-refractivity contribution < 1.29 is 4.52 Å². The summed E-state index contributed by atoms with van der Waals surface area (Å²) in [5.74, 6) is 0. The molecule has 0 saturated carbocycles. The molecular weight excluding hydrogens is 295 g/mol. The molecule has 1 unspecified atom stereocenters. The highest BCUT2D eigenvalue weighted by Gasteiger charge is 2.14. The van der Waals surface area contributed by atoms with E-state index >= 15 is 0 Å². The van der Waals surface area contributed by atoms with Gasteiger partial charge >= 0.3 is 0 Å². The summed E-state index contributed by atoms with van der Waals surface area (Å²) >= 11 is 18.1. The zero-order valence-electron chi connectivity index (χ0n) is 9.58. The number of halogens is 3. The van der Waals surface area contributed by atoms with Gasteiger partial charge < -0.3 is 9.84 Å². The average Bonchev–Trinajstić information content (AvgIpc) is 2.86. The maximum absolute atomic E-state index is 6.16. The molecule has 1 aromatic carbocycles. The summed E-state index contributed by atoms with van der Waals surface area (Å²) in [6.45, 7) is 2.58. The van der Waals surface area contributed by atoms with Gasteiger partial charge in [-0.05, 0) is 18.6 Å². The van der Waals surface area contributed by atoms with Crippen molar-refractivity contribution in [1.82, 2.24) is 10.5 Å². The molecule has 2 aromatic rings. The Morgan fingerprint density at radius 1 is 1.22 bits per heavy atom. The first-order valence-corrected chi connectivity index (χ1v) is 6.49. The summed E-state index contributed by atoms with van der Waals surface area (Å²) < 4.78 is 4.76. The van der Waals surface area contributed by atoms with E-state index in [1.807, 2.05) is 13.0 Å². The van der Waals surface area contributed by atoms with Gasteiger partial charge in [-0.1, -0.05) is 46.0 Å². The van der Waals surface area contributed by atoms with E-state index in [1.54, 1.807) is 12.1 Å². The lowest BCUT2D eigenvalue weighted by Crippen LogP contribution is -2.18. The Hall–Kier alpha value is -0.740. The summed E-state index contributed by atoms with van der Waals surface area (Å²) in [5.41, 5.74) is 1.73. The molecule has 0 fully saturated rings. The van der Waals surface area contributed by atoms with Crippen LogP contribution in [0.1, 0.15) is 24.2 Å². The first-order valence-electron chi connectivity index (χ1n) is 5.35. The predicted octanol–water partition coefficient (Wildman–Crippen LogP) is 4.49. The highest BCUT2D eigenvalue weighted by Crippen LogP contribution is 2.35. The van der Waals surface area contributed by atoms with Crippen LogP contribution in [0.15, 0.2) is 29.0 Å². The van der Waals surface area contributed by atoms with Gasteiger partial charge in [0.2, 0.25) is 0 Å². The second-order valence-electron chi connectivity index (χ2n) is 3.86. The van der Waals surface area contributed by atoms with E-state index in [1.165, 1.54) is 6.26 Å². The van der Waals surface area contributed by atoms with Crippen molar-refractivity contribution in [1.29, 1.82) is 0 Å². The number of rotatable bonds is 4. The Labute approximate surface area is 120 Å². The maximum atomic E-state index is 6.16. The minimum Gasteiger partial charge on any atom is -0.364 e. The van der Waals surface area contributed by atoms with Gasteiger partial charge in [-0.25, -0.2) is 0 Å². The smallest absolute Gasteiger partial charge is 0.124 e. The zero-order chi connectivity index (χ0) is 13.1. The standard InChI is InChI=1S/C12H11Cl3N2O/c1-7(16-6-8-4-5-18-17-8)9-2-3-10(13)12(15)11(9)14/h2-5,7,16H,6H2,1H3. The van der Waals surface area contributed by atoms with Gasteiger partial charge in [-0.3, -0.25) is 0 Å². The van der Waals surface area contributed by atoms with Crippen LogP contribution in [0.3, 0.4) is 0 Å². The molecule has 6 heteroatoms. The Morgan fingerprint density at radius 2 is 2.00 bits per heavy atom. The monoisotopic (exact) mass is 304 g/mol. The van der Waals surface area contributed by atoms with E-state index in [9.17, 15) is 0 Å². The van der Waals surface area contributed by atoms with Crippen LogP contribution in [0, 0.1) is 0 Å². The van der Waals surface area contributed by atoms with Crippen LogP contribution in [-0.4, -0.2) is 5.16 Å². The largest absolute Gasteiger partial charge is 0.364 e. The minimum absolute atomic E-state index is 0.0315. The number of benzene rings is 1. The molecule has 0 radical (unpaired) electrons. The Kier molecular flexibility index (Phi) is 4.51. The molecule has 0 amide bonds. The first-order chi connectivity index (χ1) is 8.59. The van der Waals surface area contributed by atoms with Gasteiger partial charge in [0.15, 0.2) is 0 Å². The van der Waals surface area contributed by atoms with E-state index in [0.29, 0.717) is 21.6 Å². The molecule has 1 heterocycles. The van der Waals surface area contributed by atoms with Crippen molar-refractivity contribution in [2.75, 3.05) is 0 Å². The van der Waals surface area contributed by atoms with Gasteiger partial charge in [0.05, 0.1) is 20.8 Å². The second-order valence-corrected chi connectivity index (χ2v) is 5.02. The highest BCUT2D eigenvalue weighted by atomic mass is 35.5. The van der Waals surface area contributed by atoms with E-state index in [0.717, 1.165) is 11.3 Å². The van der Waals surface area contributed by atoms with Crippen LogP contribution < -0.4 is 5.32 Å². The topological polar surface area (TPSA) is 38.1 Å². The number of nitrogens with zero attached hydrogens (tertiary/aromatic N) is 1. The van der Waals surface area contributed by atoms with Crippen LogP contribution in [-0.2, 0) is 6.54 Å². The summed E-state index contributed by atoms with van der Waals surface area (Å²) in [7, 11) is 0. The second kappa shape index (κ2) is 5.93. The van der Waals surface area contributed by atoms with Crippen molar-refractivity contribution in [3.05, 3.63) is 50.8 Å². The molecular formula is C12H11Cl3N2O. The van der Waals surface area contributed by atoms with Crippen LogP contribution in [0.25, 0.3) is 0 Å².